The first-order valence-corrected chi connectivity index (χ1v) is 7.07. The first-order valence-electron chi connectivity index (χ1n) is 7.07. The third kappa shape index (κ3) is 5.85. The number of aryl methyl sites for hydroxylation is 2. The molecule has 1 heterocycles. The van der Waals surface area contributed by atoms with Gasteiger partial charge in [-0.05, 0) is 5.92 Å². The molecule has 0 radical (unpaired) electrons. The van der Waals surface area contributed by atoms with Crippen molar-refractivity contribution in [2.45, 2.75) is 32.9 Å². The molecule has 118 valence electrons. The number of nitrogens with zero attached hydrogens (tertiary/aromatic N) is 2. The van der Waals surface area contributed by atoms with Crippen LogP contribution in [0.25, 0.3) is 0 Å². The number of ether oxygens (including phenoxy) is 1. The summed E-state index contributed by atoms with van der Waals surface area (Å²) in [6, 6.07) is -0.976. The number of esters is 1. The molecule has 7 heteroatoms. The first-order chi connectivity index (χ1) is 9.93. The molecule has 0 fully saturated rings. The zero-order chi connectivity index (χ0) is 15.8. The SMILES string of the molecule is COC(=O)[C@@H](NC(=O)NCCCn1cc[n+](C)c1)C(C)C. The number of aromatic nitrogens is 2. The smallest absolute Gasteiger partial charge is 0.328 e. The Morgan fingerprint density at radius 2 is 2.10 bits per heavy atom. The number of methoxy groups -OCH3 is 1. The molecule has 0 aliphatic carbocycles. The lowest BCUT2D eigenvalue weighted by atomic mass is 10.1. The lowest BCUT2D eigenvalue weighted by molar-refractivity contribution is -0.671. The van der Waals surface area contributed by atoms with Crippen molar-refractivity contribution in [3.8, 4) is 0 Å². The van der Waals surface area contributed by atoms with E-state index in [0.717, 1.165) is 13.0 Å². The predicted molar refractivity (Wildman–Crippen MR) is 77.4 cm³/mol. The average molecular weight is 297 g/mol. The Kier molecular flexibility index (Phi) is 6.71. The number of hydrogen-bond acceptors (Lipinski definition) is 3. The predicted octanol–water partition coefficient (Wildman–Crippen LogP) is 0.200. The third-order valence-electron chi connectivity index (χ3n) is 3.11. The Morgan fingerprint density at radius 3 is 2.62 bits per heavy atom. The van der Waals surface area contributed by atoms with Crippen molar-refractivity contribution >= 4 is 12.0 Å². The molecule has 0 aliphatic rings. The summed E-state index contributed by atoms with van der Waals surface area (Å²) < 4.78 is 8.68. The van der Waals surface area contributed by atoms with E-state index in [2.05, 4.69) is 15.4 Å². The second-order valence-electron chi connectivity index (χ2n) is 5.32. The maximum absolute atomic E-state index is 11.8. The molecule has 0 aliphatic heterocycles. The Balaban J connectivity index is 2.28. The number of nitrogens with one attached hydrogen (secondary N) is 2. The number of imidazole rings is 1. The van der Waals surface area contributed by atoms with Crippen molar-refractivity contribution in [3.05, 3.63) is 18.7 Å². The number of hydrogen-bond donors (Lipinski definition) is 2. The van der Waals surface area contributed by atoms with E-state index in [-0.39, 0.29) is 11.9 Å². The van der Waals surface area contributed by atoms with Gasteiger partial charge in [0.25, 0.3) is 0 Å². The second kappa shape index (κ2) is 8.28. The van der Waals surface area contributed by atoms with Crippen molar-refractivity contribution < 1.29 is 18.9 Å². The van der Waals surface area contributed by atoms with Gasteiger partial charge in [-0.15, -0.1) is 0 Å². The zero-order valence-corrected chi connectivity index (χ0v) is 13.1. The summed E-state index contributed by atoms with van der Waals surface area (Å²) in [6.45, 7) is 5.08. The van der Waals surface area contributed by atoms with Gasteiger partial charge in [-0.3, -0.25) is 0 Å². The van der Waals surface area contributed by atoms with Crippen LogP contribution in [0.1, 0.15) is 20.3 Å². The van der Waals surface area contributed by atoms with Crippen LogP contribution < -0.4 is 15.2 Å². The average Bonchev–Trinajstić information content (AvgIpc) is 2.85. The van der Waals surface area contributed by atoms with Gasteiger partial charge in [-0.1, -0.05) is 13.8 Å². The summed E-state index contributed by atoms with van der Waals surface area (Å²) in [7, 11) is 3.27. The Bertz CT molecular complexity index is 471. The van der Waals surface area contributed by atoms with E-state index in [1.807, 2.05) is 48.8 Å². The molecule has 0 bridgehead atoms. The molecule has 0 saturated carbocycles. The fourth-order valence-corrected chi connectivity index (χ4v) is 1.91. The molecule has 0 unspecified atom stereocenters. The van der Waals surface area contributed by atoms with Crippen molar-refractivity contribution in [2.24, 2.45) is 13.0 Å². The van der Waals surface area contributed by atoms with Gasteiger partial charge in [0.2, 0.25) is 6.33 Å². The number of carbonyl (C=O) groups is 2. The largest absolute Gasteiger partial charge is 0.467 e. The molecule has 7 nitrogen and oxygen atoms in total. The van der Waals surface area contributed by atoms with E-state index < -0.39 is 12.0 Å². The van der Waals surface area contributed by atoms with Gasteiger partial charge < -0.3 is 15.4 Å². The van der Waals surface area contributed by atoms with E-state index >= 15 is 0 Å². The van der Waals surface area contributed by atoms with Gasteiger partial charge in [-0.2, -0.15) is 0 Å². The molecule has 2 N–H and O–H groups in total. The highest BCUT2D eigenvalue weighted by Gasteiger charge is 2.24. The Labute approximate surface area is 125 Å². The molecule has 2 amide bonds. The van der Waals surface area contributed by atoms with Crippen LogP contribution in [-0.4, -0.2) is 36.3 Å². The highest BCUT2D eigenvalue weighted by atomic mass is 16.5. The van der Waals surface area contributed by atoms with Crippen LogP contribution >= 0.6 is 0 Å². The quantitative estimate of drug-likeness (QED) is 0.429. The van der Waals surface area contributed by atoms with Crippen LogP contribution in [0.3, 0.4) is 0 Å². The third-order valence-corrected chi connectivity index (χ3v) is 3.11. The van der Waals surface area contributed by atoms with Crippen LogP contribution in [0.15, 0.2) is 18.7 Å². The molecule has 1 atom stereocenters. The van der Waals surface area contributed by atoms with E-state index in [9.17, 15) is 9.59 Å². The summed E-state index contributed by atoms with van der Waals surface area (Å²) in [5.41, 5.74) is 0. The standard InChI is InChI=1S/C14H24N4O3/c1-11(2)12(13(19)21-4)16-14(20)15-6-5-7-18-9-8-17(3)10-18/h8-12H,5-7H2,1-4H3,(H-,15,16,20)/p+1/t12-/m0/s1. The summed E-state index contributed by atoms with van der Waals surface area (Å²) in [4.78, 5) is 23.3. The lowest BCUT2D eigenvalue weighted by Gasteiger charge is -2.19. The maximum atomic E-state index is 11.8. The van der Waals surface area contributed by atoms with E-state index in [0.29, 0.717) is 6.54 Å². The van der Waals surface area contributed by atoms with E-state index in [1.54, 1.807) is 0 Å². The normalized spacial score (nSPS) is 12.0. The molecular formula is C14H25N4O3+. The molecule has 0 aromatic carbocycles. The van der Waals surface area contributed by atoms with Crippen molar-refractivity contribution in [1.29, 1.82) is 0 Å². The minimum atomic E-state index is -0.626. The summed E-state index contributed by atoms with van der Waals surface area (Å²) in [5.74, 6) is -0.455. The van der Waals surface area contributed by atoms with E-state index in [1.165, 1.54) is 7.11 Å². The fourth-order valence-electron chi connectivity index (χ4n) is 1.91. The molecule has 1 rings (SSSR count). The minimum Gasteiger partial charge on any atom is -0.467 e. The molecule has 0 saturated heterocycles. The first kappa shape index (κ1) is 17.0. The van der Waals surface area contributed by atoms with Crippen LogP contribution in [0.2, 0.25) is 0 Å². The van der Waals surface area contributed by atoms with Crippen molar-refractivity contribution in [1.82, 2.24) is 15.2 Å². The zero-order valence-electron chi connectivity index (χ0n) is 13.1. The number of rotatable bonds is 7. The molecule has 1 aromatic heterocycles. The fraction of sp³-hybridized carbons (Fsp3) is 0.643. The number of urea groups is 1. The molecule has 0 spiro atoms. The van der Waals surface area contributed by atoms with Crippen LogP contribution in [-0.2, 0) is 23.1 Å². The highest BCUT2D eigenvalue weighted by Crippen LogP contribution is 2.03. The van der Waals surface area contributed by atoms with Gasteiger partial charge in [0.15, 0.2) is 0 Å². The van der Waals surface area contributed by atoms with Gasteiger partial charge in [0.1, 0.15) is 18.4 Å². The van der Waals surface area contributed by atoms with Gasteiger partial charge in [0.05, 0.1) is 20.7 Å². The van der Waals surface area contributed by atoms with Gasteiger partial charge >= 0.3 is 12.0 Å². The number of amides is 2. The second-order valence-corrected chi connectivity index (χ2v) is 5.32. The highest BCUT2D eigenvalue weighted by molar-refractivity contribution is 5.83. The summed E-state index contributed by atoms with van der Waals surface area (Å²) in [5, 5.41) is 5.38. The van der Waals surface area contributed by atoms with Crippen LogP contribution in [0.4, 0.5) is 4.79 Å². The topological polar surface area (TPSA) is 76.2 Å². The maximum Gasteiger partial charge on any atom is 0.328 e. The van der Waals surface area contributed by atoms with E-state index in [4.69, 9.17) is 0 Å². The summed E-state index contributed by atoms with van der Waals surface area (Å²) in [6.07, 6.45) is 6.73. The molecular weight excluding hydrogens is 272 g/mol. The number of carbonyl (C=O) groups excluding carboxylic acids is 2. The van der Waals surface area contributed by atoms with Crippen molar-refractivity contribution in [3.63, 3.8) is 0 Å². The lowest BCUT2D eigenvalue weighted by Crippen LogP contribution is -2.49. The molecule has 1 aromatic rings. The van der Waals surface area contributed by atoms with Gasteiger partial charge in [0, 0.05) is 13.0 Å². The Hall–Kier alpha value is -2.05. The van der Waals surface area contributed by atoms with Crippen LogP contribution in [0, 0.1) is 5.92 Å². The monoisotopic (exact) mass is 297 g/mol. The van der Waals surface area contributed by atoms with Crippen LogP contribution in [0.5, 0.6) is 0 Å². The molecule has 21 heavy (non-hydrogen) atoms. The van der Waals surface area contributed by atoms with Gasteiger partial charge in [-0.25, -0.2) is 18.7 Å². The summed E-state index contributed by atoms with van der Waals surface area (Å²) >= 11 is 0. The van der Waals surface area contributed by atoms with Crippen molar-refractivity contribution in [2.75, 3.05) is 13.7 Å². The minimum absolute atomic E-state index is 0.0249. The Morgan fingerprint density at radius 1 is 1.38 bits per heavy atom.